The number of rotatable bonds is 6. The first-order chi connectivity index (χ1) is 15.1. The maximum absolute atomic E-state index is 12.8. The summed E-state index contributed by atoms with van der Waals surface area (Å²) in [6, 6.07) is 6.42. The normalized spacial score (nSPS) is 11.5. The van der Waals surface area contributed by atoms with Gasteiger partial charge in [0, 0.05) is 12.1 Å². The lowest BCUT2D eigenvalue weighted by molar-refractivity contribution is -0.394. The molecule has 0 saturated carbocycles. The molecule has 1 heterocycles. The molecular formula is C20H18N4O7S. The molecule has 2 aromatic carbocycles. The molecule has 0 unspecified atom stereocenters. The van der Waals surface area contributed by atoms with E-state index in [0.717, 1.165) is 45.4 Å². The van der Waals surface area contributed by atoms with E-state index in [1.807, 2.05) is 26.0 Å². The highest BCUT2D eigenvalue weighted by Gasteiger charge is 2.20. The van der Waals surface area contributed by atoms with Gasteiger partial charge in [-0.25, -0.2) is 0 Å². The smallest absolute Gasteiger partial charge is 0.326 e. The molecular weight excluding hydrogens is 440 g/mol. The number of esters is 1. The van der Waals surface area contributed by atoms with Crippen LogP contribution in [0.2, 0.25) is 0 Å². The van der Waals surface area contributed by atoms with Gasteiger partial charge in [0.15, 0.2) is 4.80 Å². The number of hydrogen-bond donors (Lipinski definition) is 0. The second-order valence-corrected chi connectivity index (χ2v) is 7.85. The Morgan fingerprint density at radius 3 is 2.25 bits per heavy atom. The molecule has 3 rings (SSSR count). The second kappa shape index (κ2) is 9.06. The minimum absolute atomic E-state index is 0.168. The predicted octanol–water partition coefficient (Wildman–Crippen LogP) is 3.44. The average Bonchev–Trinajstić information content (AvgIpc) is 3.05. The van der Waals surface area contributed by atoms with Gasteiger partial charge in [0.2, 0.25) is 0 Å². The number of hydrogen-bond acceptors (Lipinski definition) is 8. The number of thiazole rings is 1. The second-order valence-electron chi connectivity index (χ2n) is 6.88. The van der Waals surface area contributed by atoms with E-state index in [0.29, 0.717) is 5.52 Å². The van der Waals surface area contributed by atoms with E-state index in [1.165, 1.54) is 4.57 Å². The average molecular weight is 458 g/mol. The van der Waals surface area contributed by atoms with Crippen molar-refractivity contribution in [3.8, 4) is 0 Å². The van der Waals surface area contributed by atoms with Crippen LogP contribution in [0.5, 0.6) is 0 Å². The van der Waals surface area contributed by atoms with E-state index in [1.54, 1.807) is 6.92 Å². The fourth-order valence-electron chi connectivity index (χ4n) is 3.17. The quantitative estimate of drug-likeness (QED) is 0.312. The highest BCUT2D eigenvalue weighted by Crippen LogP contribution is 2.25. The fourth-order valence-corrected chi connectivity index (χ4v) is 4.25. The summed E-state index contributed by atoms with van der Waals surface area (Å²) >= 11 is 1.16. The Morgan fingerprint density at radius 2 is 1.69 bits per heavy atom. The molecule has 11 nitrogen and oxygen atoms in total. The lowest BCUT2D eigenvalue weighted by Gasteiger charge is -2.06. The molecule has 0 saturated heterocycles. The lowest BCUT2D eigenvalue weighted by atomic mass is 10.1. The van der Waals surface area contributed by atoms with Crippen molar-refractivity contribution in [1.29, 1.82) is 0 Å². The van der Waals surface area contributed by atoms with Gasteiger partial charge in [-0.05, 0) is 38.0 Å². The number of carbonyl (C=O) groups is 2. The molecule has 0 aliphatic heterocycles. The van der Waals surface area contributed by atoms with Crippen LogP contribution >= 0.6 is 11.3 Å². The summed E-state index contributed by atoms with van der Waals surface area (Å²) in [7, 11) is 0. The van der Waals surface area contributed by atoms with E-state index < -0.39 is 33.1 Å². The van der Waals surface area contributed by atoms with E-state index in [2.05, 4.69) is 4.99 Å². The van der Waals surface area contributed by atoms with Gasteiger partial charge in [0.05, 0.1) is 38.3 Å². The Balaban J connectivity index is 2.20. The Morgan fingerprint density at radius 1 is 1.06 bits per heavy atom. The fraction of sp³-hybridized carbons (Fsp3) is 0.250. The summed E-state index contributed by atoms with van der Waals surface area (Å²) in [5, 5.41) is 22.2. The van der Waals surface area contributed by atoms with Crippen molar-refractivity contribution in [1.82, 2.24) is 4.57 Å². The van der Waals surface area contributed by atoms with Crippen molar-refractivity contribution in [2.75, 3.05) is 6.61 Å². The minimum atomic E-state index is -0.907. The van der Waals surface area contributed by atoms with Gasteiger partial charge in [0.1, 0.15) is 6.54 Å². The maximum atomic E-state index is 12.8. The van der Waals surface area contributed by atoms with Gasteiger partial charge >= 0.3 is 5.97 Å². The number of non-ortho nitro benzene ring substituents is 2. The largest absolute Gasteiger partial charge is 0.465 e. The van der Waals surface area contributed by atoms with Crippen molar-refractivity contribution in [3.63, 3.8) is 0 Å². The number of nitrogens with zero attached hydrogens (tertiary/aromatic N) is 4. The van der Waals surface area contributed by atoms with Crippen molar-refractivity contribution in [2.45, 2.75) is 27.3 Å². The van der Waals surface area contributed by atoms with Gasteiger partial charge in [-0.3, -0.25) is 29.8 Å². The summed E-state index contributed by atoms with van der Waals surface area (Å²) in [6.45, 7) is 5.44. The summed E-state index contributed by atoms with van der Waals surface area (Å²) in [5.41, 5.74) is 1.04. The van der Waals surface area contributed by atoms with Crippen LogP contribution in [-0.4, -0.2) is 32.9 Å². The van der Waals surface area contributed by atoms with Crippen molar-refractivity contribution in [2.24, 2.45) is 4.99 Å². The minimum Gasteiger partial charge on any atom is -0.465 e. The third-order valence-electron chi connectivity index (χ3n) is 4.48. The lowest BCUT2D eigenvalue weighted by Crippen LogP contribution is -2.23. The van der Waals surface area contributed by atoms with Gasteiger partial charge in [-0.15, -0.1) is 0 Å². The molecule has 0 atom stereocenters. The number of aromatic nitrogens is 1. The molecule has 166 valence electrons. The summed E-state index contributed by atoms with van der Waals surface area (Å²) in [6.07, 6.45) is 0. The number of amides is 1. The number of nitro groups is 2. The topological polar surface area (TPSA) is 147 Å². The first-order valence-electron chi connectivity index (χ1n) is 9.39. The van der Waals surface area contributed by atoms with E-state index in [-0.39, 0.29) is 23.5 Å². The molecule has 0 bridgehead atoms. The first-order valence-corrected chi connectivity index (χ1v) is 10.2. The molecule has 0 aliphatic rings. The summed E-state index contributed by atoms with van der Waals surface area (Å²) < 4.78 is 7.35. The van der Waals surface area contributed by atoms with Gasteiger partial charge in [-0.2, -0.15) is 4.99 Å². The molecule has 0 aliphatic carbocycles. The van der Waals surface area contributed by atoms with E-state index in [4.69, 9.17) is 4.74 Å². The van der Waals surface area contributed by atoms with Crippen LogP contribution < -0.4 is 4.80 Å². The van der Waals surface area contributed by atoms with Crippen molar-refractivity contribution in [3.05, 3.63) is 72.1 Å². The number of ether oxygens (including phenoxy) is 1. The highest BCUT2D eigenvalue weighted by atomic mass is 32.1. The standard InChI is InChI=1S/C20H18N4O7S/c1-4-31-17(25)10-22-16-6-11(2)5-12(3)18(16)32-20(22)21-19(26)13-7-14(23(27)28)9-15(8-13)24(29)30/h5-9H,4,10H2,1-3H3. The summed E-state index contributed by atoms with van der Waals surface area (Å²) in [4.78, 5) is 49.8. The van der Waals surface area contributed by atoms with Crippen LogP contribution in [0.1, 0.15) is 28.4 Å². The molecule has 1 aromatic heterocycles. The zero-order chi connectivity index (χ0) is 23.6. The van der Waals surface area contributed by atoms with Crippen LogP contribution in [-0.2, 0) is 16.1 Å². The number of benzene rings is 2. The van der Waals surface area contributed by atoms with Gasteiger partial charge in [-0.1, -0.05) is 17.4 Å². The van der Waals surface area contributed by atoms with E-state index >= 15 is 0 Å². The predicted molar refractivity (Wildman–Crippen MR) is 116 cm³/mol. The van der Waals surface area contributed by atoms with E-state index in [9.17, 15) is 29.8 Å². The number of fused-ring (bicyclic) bond motifs is 1. The number of nitro benzene ring substituents is 2. The van der Waals surface area contributed by atoms with Crippen LogP contribution in [0, 0.1) is 34.1 Å². The molecule has 3 aromatic rings. The first kappa shape index (κ1) is 22.7. The number of carbonyl (C=O) groups excluding carboxylic acids is 2. The van der Waals surface area contributed by atoms with Gasteiger partial charge < -0.3 is 9.30 Å². The molecule has 12 heteroatoms. The SMILES string of the molecule is CCOC(=O)Cn1c(=NC(=O)c2cc([N+](=O)[O-])cc([N+](=O)[O-])c2)sc2c(C)cc(C)cc21. The summed E-state index contributed by atoms with van der Waals surface area (Å²) in [5.74, 6) is -1.43. The Hall–Kier alpha value is -3.93. The highest BCUT2D eigenvalue weighted by molar-refractivity contribution is 7.16. The molecule has 0 fully saturated rings. The van der Waals surface area contributed by atoms with Crippen LogP contribution in [0.25, 0.3) is 10.2 Å². The Kier molecular flexibility index (Phi) is 6.44. The monoisotopic (exact) mass is 458 g/mol. The Labute approximate surface area is 184 Å². The zero-order valence-electron chi connectivity index (χ0n) is 17.4. The van der Waals surface area contributed by atoms with Crippen molar-refractivity contribution >= 4 is 44.8 Å². The van der Waals surface area contributed by atoms with Crippen LogP contribution in [0.15, 0.2) is 35.3 Å². The third-order valence-corrected chi connectivity index (χ3v) is 5.70. The Bertz CT molecular complexity index is 1310. The number of aryl methyl sites for hydroxylation is 2. The molecule has 0 N–H and O–H groups in total. The molecule has 0 spiro atoms. The zero-order valence-corrected chi connectivity index (χ0v) is 18.2. The van der Waals surface area contributed by atoms with Crippen molar-refractivity contribution < 1.29 is 24.2 Å². The van der Waals surface area contributed by atoms with Gasteiger partial charge in [0.25, 0.3) is 17.3 Å². The van der Waals surface area contributed by atoms with Crippen LogP contribution in [0.4, 0.5) is 11.4 Å². The maximum Gasteiger partial charge on any atom is 0.326 e. The third kappa shape index (κ3) is 4.70. The van der Waals surface area contributed by atoms with Crippen LogP contribution in [0.3, 0.4) is 0 Å². The molecule has 1 amide bonds. The molecule has 0 radical (unpaired) electrons. The molecule has 32 heavy (non-hydrogen) atoms.